The number of fused-ring (bicyclic) bond motifs is 1. The summed E-state index contributed by atoms with van der Waals surface area (Å²) in [5.74, 6) is 0.667. The van der Waals surface area contributed by atoms with Gasteiger partial charge < -0.3 is 20.1 Å². The van der Waals surface area contributed by atoms with Crippen molar-refractivity contribution in [2.75, 3.05) is 38.6 Å². The quantitative estimate of drug-likeness (QED) is 0.879. The summed E-state index contributed by atoms with van der Waals surface area (Å²) in [7, 11) is 0. The molecule has 0 aromatic heterocycles. The van der Waals surface area contributed by atoms with E-state index in [1.165, 1.54) is 0 Å². The number of benzene rings is 2. The van der Waals surface area contributed by atoms with Gasteiger partial charge in [0.05, 0.1) is 13.2 Å². The van der Waals surface area contributed by atoms with E-state index in [0.29, 0.717) is 37.7 Å². The van der Waals surface area contributed by atoms with Gasteiger partial charge in [0.2, 0.25) is 0 Å². The Hall–Kier alpha value is -1.98. The third-order valence-corrected chi connectivity index (χ3v) is 3.63. The van der Waals surface area contributed by atoms with E-state index >= 15 is 0 Å². The Morgan fingerprint density at radius 2 is 1.82 bits per heavy atom. The molecular formula is C16H19ClN2O3. The Morgan fingerprint density at radius 3 is 2.55 bits per heavy atom. The van der Waals surface area contributed by atoms with E-state index in [9.17, 15) is 4.79 Å². The van der Waals surface area contributed by atoms with Gasteiger partial charge in [-0.1, -0.05) is 24.3 Å². The maximum Gasteiger partial charge on any atom is 0.260 e. The smallest absolute Gasteiger partial charge is 0.260 e. The Labute approximate surface area is 135 Å². The van der Waals surface area contributed by atoms with Gasteiger partial charge in [-0.25, -0.2) is 0 Å². The van der Waals surface area contributed by atoms with Crippen LogP contribution < -0.4 is 10.5 Å². The summed E-state index contributed by atoms with van der Waals surface area (Å²) < 4.78 is 10.9. The molecule has 1 heterocycles. The monoisotopic (exact) mass is 322 g/mol. The van der Waals surface area contributed by atoms with E-state index in [4.69, 9.17) is 15.2 Å². The first-order chi connectivity index (χ1) is 10.3. The fourth-order valence-corrected chi connectivity index (χ4v) is 2.46. The van der Waals surface area contributed by atoms with Gasteiger partial charge in [0, 0.05) is 29.5 Å². The second kappa shape index (κ2) is 7.33. The number of ether oxygens (including phenoxy) is 2. The Morgan fingerprint density at radius 1 is 1.14 bits per heavy atom. The lowest BCUT2D eigenvalue weighted by Gasteiger charge is -2.26. The minimum Gasteiger partial charge on any atom is -0.483 e. The number of nitrogen functional groups attached to an aromatic ring is 1. The molecule has 0 unspecified atom stereocenters. The van der Waals surface area contributed by atoms with Crippen molar-refractivity contribution in [1.29, 1.82) is 0 Å². The minimum absolute atomic E-state index is 0. The van der Waals surface area contributed by atoms with Crippen LogP contribution in [0.2, 0.25) is 0 Å². The number of amides is 1. The summed E-state index contributed by atoms with van der Waals surface area (Å²) in [5.41, 5.74) is 6.66. The summed E-state index contributed by atoms with van der Waals surface area (Å²) in [6, 6.07) is 11.4. The zero-order valence-corrected chi connectivity index (χ0v) is 13.0. The molecule has 5 nitrogen and oxygen atoms in total. The molecule has 0 aliphatic carbocycles. The zero-order chi connectivity index (χ0) is 14.7. The molecule has 0 spiro atoms. The first-order valence-corrected chi connectivity index (χ1v) is 7.01. The highest BCUT2D eigenvalue weighted by Crippen LogP contribution is 2.29. The molecule has 22 heavy (non-hydrogen) atoms. The molecule has 0 bridgehead atoms. The van der Waals surface area contributed by atoms with E-state index in [1.807, 2.05) is 30.3 Å². The Balaban J connectivity index is 0.00000176. The van der Waals surface area contributed by atoms with E-state index < -0.39 is 0 Å². The predicted molar refractivity (Wildman–Crippen MR) is 88.5 cm³/mol. The standard InChI is InChI=1S/C16H18N2O3.ClH/c17-14-5-6-15(13-4-2-1-3-12(13)14)21-11-16(19)18-7-9-20-10-8-18;/h1-6H,7-11,17H2;1H. The van der Waals surface area contributed by atoms with Gasteiger partial charge in [-0.05, 0) is 12.1 Å². The summed E-state index contributed by atoms with van der Waals surface area (Å²) >= 11 is 0. The average molecular weight is 323 g/mol. The lowest BCUT2D eigenvalue weighted by Crippen LogP contribution is -2.42. The highest BCUT2D eigenvalue weighted by Gasteiger charge is 2.17. The molecule has 3 rings (SSSR count). The van der Waals surface area contributed by atoms with Crippen LogP contribution in [0.25, 0.3) is 10.8 Å². The topological polar surface area (TPSA) is 64.8 Å². The second-order valence-electron chi connectivity index (χ2n) is 4.98. The minimum atomic E-state index is -0.0146. The molecule has 1 fully saturated rings. The molecule has 1 aliphatic rings. The third-order valence-electron chi connectivity index (χ3n) is 3.63. The molecule has 1 amide bonds. The summed E-state index contributed by atoms with van der Waals surface area (Å²) in [6.45, 7) is 2.48. The van der Waals surface area contributed by atoms with Crippen LogP contribution in [0.3, 0.4) is 0 Å². The van der Waals surface area contributed by atoms with Crippen molar-refractivity contribution in [3.63, 3.8) is 0 Å². The number of rotatable bonds is 3. The summed E-state index contributed by atoms with van der Waals surface area (Å²) in [6.07, 6.45) is 0. The van der Waals surface area contributed by atoms with Crippen LogP contribution in [0.1, 0.15) is 0 Å². The van der Waals surface area contributed by atoms with Crippen LogP contribution in [0, 0.1) is 0 Å². The van der Waals surface area contributed by atoms with Crippen LogP contribution >= 0.6 is 12.4 Å². The third kappa shape index (κ3) is 3.43. The van der Waals surface area contributed by atoms with Crippen molar-refractivity contribution >= 4 is 34.8 Å². The number of anilines is 1. The van der Waals surface area contributed by atoms with Crippen LogP contribution in [0.5, 0.6) is 5.75 Å². The first kappa shape index (κ1) is 16.4. The van der Waals surface area contributed by atoms with Gasteiger partial charge in [-0.3, -0.25) is 4.79 Å². The molecule has 2 aromatic rings. The largest absolute Gasteiger partial charge is 0.483 e. The predicted octanol–water partition coefficient (Wildman–Crippen LogP) is 2.08. The van der Waals surface area contributed by atoms with Crippen molar-refractivity contribution in [2.45, 2.75) is 0 Å². The maximum absolute atomic E-state index is 12.1. The number of hydrogen-bond acceptors (Lipinski definition) is 4. The molecule has 118 valence electrons. The van der Waals surface area contributed by atoms with E-state index in [-0.39, 0.29) is 24.9 Å². The van der Waals surface area contributed by atoms with Crippen LogP contribution in [-0.4, -0.2) is 43.7 Å². The maximum atomic E-state index is 12.1. The fraction of sp³-hybridized carbons (Fsp3) is 0.312. The van der Waals surface area contributed by atoms with Crippen LogP contribution in [0.4, 0.5) is 5.69 Å². The summed E-state index contributed by atoms with van der Waals surface area (Å²) in [5, 5.41) is 1.86. The van der Waals surface area contributed by atoms with E-state index in [1.54, 1.807) is 11.0 Å². The van der Waals surface area contributed by atoms with Gasteiger partial charge in [-0.2, -0.15) is 0 Å². The molecule has 0 saturated carbocycles. The lowest BCUT2D eigenvalue weighted by molar-refractivity contribution is -0.137. The van der Waals surface area contributed by atoms with Crippen LogP contribution in [0.15, 0.2) is 36.4 Å². The molecule has 0 atom stereocenters. The number of nitrogens with two attached hydrogens (primary N) is 1. The number of hydrogen-bond donors (Lipinski definition) is 1. The average Bonchev–Trinajstić information content (AvgIpc) is 2.55. The number of carbonyl (C=O) groups excluding carboxylic acids is 1. The number of nitrogens with zero attached hydrogens (tertiary/aromatic N) is 1. The highest BCUT2D eigenvalue weighted by atomic mass is 35.5. The highest BCUT2D eigenvalue weighted by molar-refractivity contribution is 5.97. The molecule has 6 heteroatoms. The fourth-order valence-electron chi connectivity index (χ4n) is 2.46. The molecule has 2 aromatic carbocycles. The molecular weight excluding hydrogens is 304 g/mol. The number of morpholine rings is 1. The van der Waals surface area contributed by atoms with E-state index in [2.05, 4.69) is 0 Å². The van der Waals surface area contributed by atoms with Gasteiger partial charge in [0.1, 0.15) is 5.75 Å². The van der Waals surface area contributed by atoms with Gasteiger partial charge in [-0.15, -0.1) is 12.4 Å². The summed E-state index contributed by atoms with van der Waals surface area (Å²) in [4.78, 5) is 13.9. The molecule has 1 saturated heterocycles. The Kier molecular flexibility index (Phi) is 5.46. The van der Waals surface area contributed by atoms with Crippen molar-refractivity contribution < 1.29 is 14.3 Å². The first-order valence-electron chi connectivity index (χ1n) is 7.01. The van der Waals surface area contributed by atoms with Crippen molar-refractivity contribution in [1.82, 2.24) is 4.90 Å². The van der Waals surface area contributed by atoms with Gasteiger partial charge >= 0.3 is 0 Å². The van der Waals surface area contributed by atoms with Crippen molar-refractivity contribution in [3.05, 3.63) is 36.4 Å². The number of halogens is 1. The normalized spacial score (nSPS) is 14.5. The Bertz CT molecular complexity index is 657. The van der Waals surface area contributed by atoms with Crippen molar-refractivity contribution in [2.24, 2.45) is 0 Å². The molecule has 2 N–H and O–H groups in total. The second-order valence-corrected chi connectivity index (χ2v) is 4.98. The zero-order valence-electron chi connectivity index (χ0n) is 12.2. The molecule has 0 radical (unpaired) electrons. The van der Waals surface area contributed by atoms with Gasteiger partial charge in [0.25, 0.3) is 5.91 Å². The lowest BCUT2D eigenvalue weighted by atomic mass is 10.1. The van der Waals surface area contributed by atoms with Crippen molar-refractivity contribution in [3.8, 4) is 5.75 Å². The van der Waals surface area contributed by atoms with Gasteiger partial charge in [0.15, 0.2) is 6.61 Å². The van der Waals surface area contributed by atoms with Crippen LogP contribution in [-0.2, 0) is 9.53 Å². The SMILES string of the molecule is Cl.Nc1ccc(OCC(=O)N2CCOCC2)c2ccccc12. The van der Waals surface area contributed by atoms with E-state index in [0.717, 1.165) is 10.8 Å². The molecule has 1 aliphatic heterocycles. The number of carbonyl (C=O) groups is 1.